The molecule has 2 aromatic rings. The van der Waals surface area contributed by atoms with Crippen molar-refractivity contribution in [3.05, 3.63) is 47.3 Å². The second-order valence-corrected chi connectivity index (χ2v) is 5.96. The Morgan fingerprint density at radius 1 is 1.19 bits per heavy atom. The molecule has 0 radical (unpaired) electrons. The molecule has 0 saturated heterocycles. The van der Waals surface area contributed by atoms with Crippen LogP contribution in [0.2, 0.25) is 0 Å². The van der Waals surface area contributed by atoms with Crippen LogP contribution in [0.3, 0.4) is 0 Å². The standard InChI is InChI=1S/C19H22N4O4/c1-12-17(13(2)23(4)22-12)8-9-19(26)27-11-18(25)21-16-7-5-6-15(10-16)20-14(3)24/h5-10H,11H2,1-4H3,(H,20,24)(H,21,25)/b9-8+. The second-order valence-electron chi connectivity index (χ2n) is 5.96. The molecule has 2 rings (SSSR count). The molecule has 0 unspecified atom stereocenters. The molecule has 2 amide bonds. The predicted octanol–water partition coefficient (Wildman–Crippen LogP) is 2.19. The van der Waals surface area contributed by atoms with Gasteiger partial charge in [0.2, 0.25) is 5.91 Å². The van der Waals surface area contributed by atoms with E-state index in [0.29, 0.717) is 11.4 Å². The Balaban J connectivity index is 1.87. The van der Waals surface area contributed by atoms with Gasteiger partial charge >= 0.3 is 5.97 Å². The minimum Gasteiger partial charge on any atom is -0.452 e. The first-order chi connectivity index (χ1) is 12.8. The third-order valence-electron chi connectivity index (χ3n) is 3.76. The van der Waals surface area contributed by atoms with Crippen molar-refractivity contribution in [1.29, 1.82) is 0 Å². The number of esters is 1. The number of nitrogens with one attached hydrogen (secondary N) is 2. The minimum absolute atomic E-state index is 0.210. The van der Waals surface area contributed by atoms with Crippen molar-refractivity contribution in [2.45, 2.75) is 20.8 Å². The molecule has 1 heterocycles. The molecule has 0 aliphatic carbocycles. The summed E-state index contributed by atoms with van der Waals surface area (Å²) >= 11 is 0. The number of aromatic nitrogens is 2. The molecular formula is C19H22N4O4. The number of anilines is 2. The van der Waals surface area contributed by atoms with Gasteiger partial charge in [0.05, 0.1) is 5.69 Å². The van der Waals surface area contributed by atoms with Crippen molar-refractivity contribution < 1.29 is 19.1 Å². The summed E-state index contributed by atoms with van der Waals surface area (Å²) in [6, 6.07) is 6.66. The van der Waals surface area contributed by atoms with E-state index in [2.05, 4.69) is 15.7 Å². The number of nitrogens with zero attached hydrogens (tertiary/aromatic N) is 2. The average Bonchev–Trinajstić information content (AvgIpc) is 2.83. The highest BCUT2D eigenvalue weighted by atomic mass is 16.5. The number of carbonyl (C=O) groups excluding carboxylic acids is 3. The van der Waals surface area contributed by atoms with Crippen LogP contribution in [0.15, 0.2) is 30.3 Å². The minimum atomic E-state index is -0.625. The van der Waals surface area contributed by atoms with Crippen LogP contribution in [-0.4, -0.2) is 34.2 Å². The molecular weight excluding hydrogens is 348 g/mol. The van der Waals surface area contributed by atoms with Crippen LogP contribution in [0.25, 0.3) is 6.08 Å². The van der Waals surface area contributed by atoms with Gasteiger partial charge in [-0.1, -0.05) is 6.07 Å². The number of carbonyl (C=O) groups is 3. The Morgan fingerprint density at radius 3 is 2.44 bits per heavy atom. The number of aryl methyl sites for hydroxylation is 2. The van der Waals surface area contributed by atoms with Crippen molar-refractivity contribution in [2.24, 2.45) is 7.05 Å². The van der Waals surface area contributed by atoms with Crippen molar-refractivity contribution >= 4 is 35.2 Å². The number of rotatable bonds is 6. The smallest absolute Gasteiger partial charge is 0.331 e. The summed E-state index contributed by atoms with van der Waals surface area (Å²) in [6.07, 6.45) is 2.89. The quantitative estimate of drug-likeness (QED) is 0.599. The molecule has 0 atom stereocenters. The summed E-state index contributed by atoms with van der Waals surface area (Å²) in [6.45, 7) is 4.72. The van der Waals surface area contributed by atoms with Gasteiger partial charge in [0.1, 0.15) is 0 Å². The number of amides is 2. The first kappa shape index (κ1) is 19.9. The summed E-state index contributed by atoms with van der Waals surface area (Å²) < 4.78 is 6.67. The summed E-state index contributed by atoms with van der Waals surface area (Å²) in [7, 11) is 1.82. The highest BCUT2D eigenvalue weighted by molar-refractivity contribution is 5.96. The summed E-state index contributed by atoms with van der Waals surface area (Å²) in [5, 5.41) is 9.48. The van der Waals surface area contributed by atoms with Gasteiger partial charge < -0.3 is 15.4 Å². The summed E-state index contributed by atoms with van der Waals surface area (Å²) in [5.74, 6) is -1.32. The molecule has 0 spiro atoms. The maximum Gasteiger partial charge on any atom is 0.331 e. The van der Waals surface area contributed by atoms with Crippen LogP contribution in [-0.2, 0) is 26.2 Å². The lowest BCUT2D eigenvalue weighted by atomic mass is 10.2. The van der Waals surface area contributed by atoms with Gasteiger partial charge in [-0.05, 0) is 38.1 Å². The Labute approximate surface area is 157 Å². The van der Waals surface area contributed by atoms with Crippen molar-refractivity contribution in [1.82, 2.24) is 9.78 Å². The lowest BCUT2D eigenvalue weighted by Gasteiger charge is -2.08. The van der Waals surface area contributed by atoms with Gasteiger partial charge in [-0.15, -0.1) is 0 Å². The van der Waals surface area contributed by atoms with Gasteiger partial charge in [0.25, 0.3) is 5.91 Å². The Bertz CT molecular complexity index is 899. The summed E-state index contributed by atoms with van der Waals surface area (Å²) in [5.41, 5.74) is 3.61. The van der Waals surface area contributed by atoms with E-state index >= 15 is 0 Å². The van der Waals surface area contributed by atoms with Gasteiger partial charge in [0, 0.05) is 42.7 Å². The zero-order valence-electron chi connectivity index (χ0n) is 15.7. The van der Waals surface area contributed by atoms with Crippen molar-refractivity contribution in [3.63, 3.8) is 0 Å². The Hall–Kier alpha value is -3.42. The van der Waals surface area contributed by atoms with E-state index in [0.717, 1.165) is 17.0 Å². The Kier molecular flexibility index (Phi) is 6.48. The van der Waals surface area contributed by atoms with Crippen LogP contribution < -0.4 is 10.6 Å². The molecule has 0 bridgehead atoms. The number of benzene rings is 1. The largest absolute Gasteiger partial charge is 0.452 e. The molecule has 8 nitrogen and oxygen atoms in total. The van der Waals surface area contributed by atoms with Crippen molar-refractivity contribution in [3.8, 4) is 0 Å². The van der Waals surface area contributed by atoms with Gasteiger partial charge in [0.15, 0.2) is 6.61 Å². The second kappa shape index (κ2) is 8.79. The van der Waals surface area contributed by atoms with Crippen LogP contribution in [0, 0.1) is 13.8 Å². The lowest BCUT2D eigenvalue weighted by Crippen LogP contribution is -2.20. The highest BCUT2D eigenvalue weighted by Crippen LogP contribution is 2.15. The zero-order chi connectivity index (χ0) is 20.0. The fraction of sp³-hybridized carbons (Fsp3) is 0.263. The predicted molar refractivity (Wildman–Crippen MR) is 102 cm³/mol. The van der Waals surface area contributed by atoms with E-state index in [-0.39, 0.29) is 5.91 Å². The molecule has 1 aromatic carbocycles. The first-order valence-electron chi connectivity index (χ1n) is 8.29. The topological polar surface area (TPSA) is 102 Å². The van der Waals surface area contributed by atoms with Crippen LogP contribution in [0.4, 0.5) is 11.4 Å². The highest BCUT2D eigenvalue weighted by Gasteiger charge is 2.09. The van der Waals surface area contributed by atoms with E-state index in [4.69, 9.17) is 4.74 Å². The SMILES string of the molecule is CC(=O)Nc1cccc(NC(=O)COC(=O)/C=C/c2c(C)nn(C)c2C)c1. The van der Waals surface area contributed by atoms with Gasteiger partial charge in [-0.2, -0.15) is 5.10 Å². The van der Waals surface area contributed by atoms with Crippen LogP contribution >= 0.6 is 0 Å². The molecule has 0 aliphatic heterocycles. The number of ether oxygens (including phenoxy) is 1. The average molecular weight is 370 g/mol. The van der Waals surface area contributed by atoms with E-state index in [9.17, 15) is 14.4 Å². The normalized spacial score (nSPS) is 10.7. The maximum atomic E-state index is 11.9. The molecule has 8 heteroatoms. The van der Waals surface area contributed by atoms with Gasteiger partial charge in [-0.25, -0.2) is 4.79 Å². The van der Waals surface area contributed by atoms with Gasteiger partial charge in [-0.3, -0.25) is 14.3 Å². The van der Waals surface area contributed by atoms with E-state index in [1.54, 1.807) is 35.0 Å². The lowest BCUT2D eigenvalue weighted by molar-refractivity contribution is -0.142. The van der Waals surface area contributed by atoms with E-state index in [1.165, 1.54) is 13.0 Å². The monoisotopic (exact) mass is 370 g/mol. The molecule has 2 N–H and O–H groups in total. The fourth-order valence-electron chi connectivity index (χ4n) is 2.44. The number of hydrogen-bond acceptors (Lipinski definition) is 5. The summed E-state index contributed by atoms with van der Waals surface area (Å²) in [4.78, 5) is 34.8. The zero-order valence-corrected chi connectivity index (χ0v) is 15.7. The first-order valence-corrected chi connectivity index (χ1v) is 8.29. The fourth-order valence-corrected chi connectivity index (χ4v) is 2.44. The molecule has 142 valence electrons. The van der Waals surface area contributed by atoms with E-state index < -0.39 is 18.5 Å². The molecule has 0 aliphatic rings. The molecule has 1 aromatic heterocycles. The van der Waals surface area contributed by atoms with Crippen LogP contribution in [0.5, 0.6) is 0 Å². The van der Waals surface area contributed by atoms with E-state index in [1.807, 2.05) is 20.9 Å². The van der Waals surface area contributed by atoms with Crippen molar-refractivity contribution in [2.75, 3.05) is 17.2 Å². The molecule has 0 saturated carbocycles. The number of hydrogen-bond donors (Lipinski definition) is 2. The molecule has 27 heavy (non-hydrogen) atoms. The third-order valence-corrected chi connectivity index (χ3v) is 3.76. The maximum absolute atomic E-state index is 11.9. The molecule has 0 fully saturated rings. The Morgan fingerprint density at radius 2 is 1.85 bits per heavy atom. The third kappa shape index (κ3) is 5.81. The van der Waals surface area contributed by atoms with Crippen LogP contribution in [0.1, 0.15) is 23.9 Å².